The molecule has 0 atom stereocenters. The smallest absolute Gasteiger partial charge is 0.380 e. The number of pyridine rings is 1. The molecule has 0 bridgehead atoms. The Morgan fingerprint density at radius 1 is 1.38 bits per heavy atom. The van der Waals surface area contributed by atoms with Gasteiger partial charge in [0.2, 0.25) is 0 Å². The molecule has 112 valence electrons. The predicted octanol–water partition coefficient (Wildman–Crippen LogP) is 2.40. The number of allylic oxidation sites excluding steroid dienone is 1. The molecule has 1 amide bonds. The molecular weight excluding hydrogens is 285 g/mol. The lowest BCUT2D eigenvalue weighted by Gasteiger charge is -2.14. The molecule has 21 heavy (non-hydrogen) atoms. The van der Waals surface area contributed by atoms with Gasteiger partial charge in [-0.15, -0.1) is 0 Å². The van der Waals surface area contributed by atoms with E-state index in [1.807, 2.05) is 0 Å². The van der Waals surface area contributed by atoms with Gasteiger partial charge in [0.05, 0.1) is 5.56 Å². The van der Waals surface area contributed by atoms with E-state index in [0.29, 0.717) is 11.9 Å². The van der Waals surface area contributed by atoms with E-state index in [-0.39, 0.29) is 11.4 Å². The van der Waals surface area contributed by atoms with Crippen LogP contribution in [0.3, 0.4) is 0 Å². The summed E-state index contributed by atoms with van der Waals surface area (Å²) in [6.45, 7) is 1.58. The van der Waals surface area contributed by atoms with Crippen LogP contribution in [-0.4, -0.2) is 29.9 Å². The van der Waals surface area contributed by atoms with Crippen molar-refractivity contribution in [1.29, 1.82) is 5.26 Å². The number of hydrogen-bond donors (Lipinski definition) is 1. The Bertz CT molecular complexity index is 597. The van der Waals surface area contributed by atoms with Crippen molar-refractivity contribution in [1.82, 2.24) is 9.88 Å². The lowest BCUT2D eigenvalue weighted by Crippen LogP contribution is -2.20. The second kappa shape index (κ2) is 6.26. The number of rotatable bonds is 3. The molecular formula is C13H13F3N4O. The van der Waals surface area contributed by atoms with E-state index in [1.54, 1.807) is 32.0 Å². The van der Waals surface area contributed by atoms with Gasteiger partial charge in [0.1, 0.15) is 17.5 Å². The second-order valence-corrected chi connectivity index (χ2v) is 4.35. The number of carbonyl (C=O) groups is 1. The quantitative estimate of drug-likeness (QED) is 0.687. The summed E-state index contributed by atoms with van der Waals surface area (Å²) in [4.78, 5) is 17.0. The molecule has 0 aliphatic heterocycles. The summed E-state index contributed by atoms with van der Waals surface area (Å²) < 4.78 is 37.1. The van der Waals surface area contributed by atoms with E-state index in [4.69, 9.17) is 5.26 Å². The summed E-state index contributed by atoms with van der Waals surface area (Å²) in [6.07, 6.45) is -3.88. The Morgan fingerprint density at radius 3 is 2.38 bits per heavy atom. The standard InChI is InChI=1S/C13H13F3N4O/c1-8(20(2)3)10(6-17)12(21)19-11-5-4-9(7-18-11)13(14,15)16/h4-5,7H,1-3H3,(H,18,19,21)/b10-8-. The molecule has 1 aromatic heterocycles. The summed E-state index contributed by atoms with van der Waals surface area (Å²) in [5.41, 5.74) is -0.621. The van der Waals surface area contributed by atoms with E-state index in [0.717, 1.165) is 12.1 Å². The molecule has 1 rings (SSSR count). The van der Waals surface area contributed by atoms with Gasteiger partial charge in [0.25, 0.3) is 5.91 Å². The highest BCUT2D eigenvalue weighted by Crippen LogP contribution is 2.28. The molecule has 5 nitrogen and oxygen atoms in total. The number of hydrogen-bond acceptors (Lipinski definition) is 4. The third-order valence-corrected chi connectivity index (χ3v) is 2.70. The summed E-state index contributed by atoms with van der Waals surface area (Å²) in [6, 6.07) is 3.59. The predicted molar refractivity (Wildman–Crippen MR) is 69.9 cm³/mol. The van der Waals surface area contributed by atoms with Crippen LogP contribution in [0.2, 0.25) is 0 Å². The Morgan fingerprint density at radius 2 is 2.00 bits per heavy atom. The fourth-order valence-electron chi connectivity index (χ4n) is 1.33. The number of anilines is 1. The normalized spacial score (nSPS) is 12.2. The van der Waals surface area contributed by atoms with Gasteiger partial charge >= 0.3 is 6.18 Å². The van der Waals surface area contributed by atoms with Gasteiger partial charge in [-0.3, -0.25) is 4.79 Å². The van der Waals surface area contributed by atoms with Gasteiger partial charge in [0.15, 0.2) is 0 Å². The van der Waals surface area contributed by atoms with Crippen LogP contribution >= 0.6 is 0 Å². The largest absolute Gasteiger partial charge is 0.417 e. The zero-order chi connectivity index (χ0) is 16.2. The number of nitriles is 1. The van der Waals surface area contributed by atoms with E-state index in [1.165, 1.54) is 0 Å². The molecule has 0 spiro atoms. The minimum atomic E-state index is -4.49. The summed E-state index contributed by atoms with van der Waals surface area (Å²) >= 11 is 0. The van der Waals surface area contributed by atoms with E-state index >= 15 is 0 Å². The van der Waals surface area contributed by atoms with Crippen LogP contribution in [0.4, 0.5) is 19.0 Å². The van der Waals surface area contributed by atoms with Crippen LogP contribution in [0.1, 0.15) is 12.5 Å². The molecule has 0 aliphatic rings. The van der Waals surface area contributed by atoms with E-state index in [9.17, 15) is 18.0 Å². The first-order chi connectivity index (χ1) is 9.66. The highest BCUT2D eigenvalue weighted by molar-refractivity contribution is 6.06. The van der Waals surface area contributed by atoms with Gasteiger partial charge in [-0.05, 0) is 19.1 Å². The van der Waals surface area contributed by atoms with Crippen molar-refractivity contribution in [3.8, 4) is 6.07 Å². The number of halogens is 3. The minimum Gasteiger partial charge on any atom is -0.380 e. The summed E-state index contributed by atoms with van der Waals surface area (Å²) in [5.74, 6) is -0.789. The maximum atomic E-state index is 12.4. The third kappa shape index (κ3) is 4.21. The number of carbonyl (C=O) groups excluding carboxylic acids is 1. The first-order valence-electron chi connectivity index (χ1n) is 5.79. The summed E-state index contributed by atoms with van der Waals surface area (Å²) in [7, 11) is 3.33. The minimum absolute atomic E-state index is 0.0627. The molecule has 0 radical (unpaired) electrons. The molecule has 0 aromatic carbocycles. The third-order valence-electron chi connectivity index (χ3n) is 2.70. The van der Waals surface area contributed by atoms with Crippen molar-refractivity contribution in [2.24, 2.45) is 0 Å². The maximum absolute atomic E-state index is 12.4. The fraction of sp³-hybridized carbons (Fsp3) is 0.308. The first kappa shape index (κ1) is 16.5. The lowest BCUT2D eigenvalue weighted by molar-refractivity contribution is -0.137. The molecule has 0 saturated heterocycles. The van der Waals surface area contributed by atoms with Gasteiger partial charge in [-0.1, -0.05) is 0 Å². The monoisotopic (exact) mass is 298 g/mol. The number of aromatic nitrogens is 1. The zero-order valence-corrected chi connectivity index (χ0v) is 11.6. The van der Waals surface area contributed by atoms with Crippen molar-refractivity contribution in [3.63, 3.8) is 0 Å². The summed E-state index contributed by atoms with van der Waals surface area (Å²) in [5, 5.41) is 11.3. The molecule has 0 unspecified atom stereocenters. The van der Waals surface area contributed by atoms with Crippen LogP contribution in [0.15, 0.2) is 29.6 Å². The molecule has 0 aliphatic carbocycles. The highest BCUT2D eigenvalue weighted by Gasteiger charge is 2.30. The van der Waals surface area contributed by atoms with Crippen molar-refractivity contribution in [2.75, 3.05) is 19.4 Å². The molecule has 0 fully saturated rings. The van der Waals surface area contributed by atoms with Crippen molar-refractivity contribution in [3.05, 3.63) is 35.2 Å². The molecule has 1 heterocycles. The van der Waals surface area contributed by atoms with Crippen LogP contribution in [0, 0.1) is 11.3 Å². The van der Waals surface area contributed by atoms with Gasteiger partial charge in [-0.25, -0.2) is 4.98 Å². The van der Waals surface area contributed by atoms with Crippen molar-refractivity contribution >= 4 is 11.7 Å². The molecule has 1 aromatic rings. The highest BCUT2D eigenvalue weighted by atomic mass is 19.4. The van der Waals surface area contributed by atoms with Crippen molar-refractivity contribution in [2.45, 2.75) is 13.1 Å². The number of amides is 1. The van der Waals surface area contributed by atoms with Crippen LogP contribution in [0.25, 0.3) is 0 Å². The van der Waals surface area contributed by atoms with E-state index < -0.39 is 17.6 Å². The number of alkyl halides is 3. The van der Waals surface area contributed by atoms with Gasteiger partial charge in [-0.2, -0.15) is 18.4 Å². The number of nitrogens with zero attached hydrogens (tertiary/aromatic N) is 3. The molecule has 8 heteroatoms. The fourth-order valence-corrected chi connectivity index (χ4v) is 1.33. The average Bonchev–Trinajstić information content (AvgIpc) is 2.38. The van der Waals surface area contributed by atoms with Crippen LogP contribution in [-0.2, 0) is 11.0 Å². The maximum Gasteiger partial charge on any atom is 0.417 e. The van der Waals surface area contributed by atoms with Crippen LogP contribution in [0.5, 0.6) is 0 Å². The lowest BCUT2D eigenvalue weighted by atomic mass is 10.2. The topological polar surface area (TPSA) is 69.0 Å². The Labute approximate surface area is 119 Å². The molecule has 1 N–H and O–H groups in total. The van der Waals surface area contributed by atoms with Crippen LogP contribution < -0.4 is 5.32 Å². The van der Waals surface area contributed by atoms with Gasteiger partial charge < -0.3 is 10.2 Å². The SMILES string of the molecule is C/C(=C(\C#N)C(=O)Nc1ccc(C(F)(F)F)cn1)N(C)C. The zero-order valence-electron chi connectivity index (χ0n) is 11.6. The van der Waals surface area contributed by atoms with Crippen molar-refractivity contribution < 1.29 is 18.0 Å². The number of nitrogens with one attached hydrogen (secondary N) is 1. The van der Waals surface area contributed by atoms with E-state index in [2.05, 4.69) is 10.3 Å². The Hall–Kier alpha value is -2.56. The van der Waals surface area contributed by atoms with Gasteiger partial charge in [0, 0.05) is 26.0 Å². The average molecular weight is 298 g/mol. The molecule has 0 saturated carbocycles. The first-order valence-corrected chi connectivity index (χ1v) is 5.79. The Kier molecular flexibility index (Phi) is 4.92. The Balaban J connectivity index is 2.94. The second-order valence-electron chi connectivity index (χ2n) is 4.35.